The van der Waals surface area contributed by atoms with Gasteiger partial charge in [0.15, 0.2) is 11.2 Å². The summed E-state index contributed by atoms with van der Waals surface area (Å²) in [6.07, 6.45) is -0.136. The highest BCUT2D eigenvalue weighted by atomic mass is 16.5. The van der Waals surface area contributed by atoms with E-state index in [1.54, 1.807) is 4.57 Å². The van der Waals surface area contributed by atoms with Crippen LogP contribution in [0.1, 0.15) is 19.6 Å². The summed E-state index contributed by atoms with van der Waals surface area (Å²) in [7, 11) is 0. The number of fused-ring (bicyclic) bond motifs is 1. The number of aromatic nitrogens is 4. The number of ether oxygens (including phenoxy) is 1. The molecule has 0 aromatic carbocycles. The number of H-pyrrole nitrogens is 1. The highest BCUT2D eigenvalue weighted by Gasteiger charge is 2.35. The van der Waals surface area contributed by atoms with E-state index in [0.29, 0.717) is 24.6 Å². The summed E-state index contributed by atoms with van der Waals surface area (Å²) in [5, 5.41) is 21.9. The number of anilines is 1. The van der Waals surface area contributed by atoms with Crippen LogP contribution in [0.2, 0.25) is 0 Å². The van der Waals surface area contributed by atoms with Crippen molar-refractivity contribution in [2.75, 3.05) is 18.5 Å². The van der Waals surface area contributed by atoms with Gasteiger partial charge in [-0.2, -0.15) is 4.98 Å². The number of nitrogens with zero attached hydrogens (tertiary/aromatic N) is 3. The van der Waals surface area contributed by atoms with E-state index in [4.69, 9.17) is 9.84 Å². The predicted molar refractivity (Wildman–Crippen MR) is 73.9 cm³/mol. The van der Waals surface area contributed by atoms with Gasteiger partial charge in [-0.05, 0) is 6.92 Å². The van der Waals surface area contributed by atoms with Gasteiger partial charge in [0.1, 0.15) is 12.3 Å². The number of imidazole rings is 1. The number of nitrogens with one attached hydrogen (secondary N) is 2. The minimum atomic E-state index is -0.757. The molecule has 114 valence electrons. The zero-order valence-corrected chi connectivity index (χ0v) is 11.5. The molecule has 1 aliphatic rings. The average molecular weight is 295 g/mol. The maximum Gasteiger partial charge on any atom is 0.280 e. The monoisotopic (exact) mass is 295 g/mol. The van der Waals surface area contributed by atoms with Crippen molar-refractivity contribution in [1.82, 2.24) is 19.5 Å². The van der Waals surface area contributed by atoms with E-state index >= 15 is 0 Å². The average Bonchev–Trinajstić information content (AvgIpc) is 3.02. The summed E-state index contributed by atoms with van der Waals surface area (Å²) >= 11 is 0. The van der Waals surface area contributed by atoms with Crippen molar-refractivity contribution in [2.45, 2.75) is 31.8 Å². The zero-order valence-electron chi connectivity index (χ0n) is 11.5. The van der Waals surface area contributed by atoms with Crippen LogP contribution in [0.15, 0.2) is 11.1 Å². The molecule has 0 aliphatic carbocycles. The molecule has 0 radical (unpaired) electrons. The van der Waals surface area contributed by atoms with E-state index in [0.717, 1.165) is 0 Å². The number of hydrogen-bond donors (Lipinski definition) is 4. The van der Waals surface area contributed by atoms with Crippen molar-refractivity contribution in [3.63, 3.8) is 0 Å². The normalized spacial score (nSPS) is 25.6. The van der Waals surface area contributed by atoms with Gasteiger partial charge >= 0.3 is 0 Å². The highest BCUT2D eigenvalue weighted by Crippen LogP contribution is 2.30. The van der Waals surface area contributed by atoms with Gasteiger partial charge in [0.2, 0.25) is 5.95 Å². The van der Waals surface area contributed by atoms with E-state index in [1.165, 1.54) is 6.33 Å². The molecule has 0 spiro atoms. The highest BCUT2D eigenvalue weighted by molar-refractivity contribution is 5.70. The molecular weight excluding hydrogens is 278 g/mol. The molecule has 9 nitrogen and oxygen atoms in total. The number of aromatic amines is 1. The first kappa shape index (κ1) is 14.0. The van der Waals surface area contributed by atoms with Crippen LogP contribution in [0.5, 0.6) is 0 Å². The fourth-order valence-corrected chi connectivity index (χ4v) is 2.44. The van der Waals surface area contributed by atoms with Gasteiger partial charge in [-0.3, -0.25) is 14.3 Å². The molecule has 3 rings (SSSR count). The lowest BCUT2D eigenvalue weighted by Crippen LogP contribution is -2.24. The van der Waals surface area contributed by atoms with E-state index < -0.39 is 18.4 Å². The van der Waals surface area contributed by atoms with Crippen LogP contribution in [0.25, 0.3) is 11.2 Å². The van der Waals surface area contributed by atoms with Crippen LogP contribution < -0.4 is 10.9 Å². The molecule has 3 unspecified atom stereocenters. The molecule has 3 atom stereocenters. The lowest BCUT2D eigenvalue weighted by Gasteiger charge is -2.13. The molecule has 21 heavy (non-hydrogen) atoms. The summed E-state index contributed by atoms with van der Waals surface area (Å²) in [5.41, 5.74) is 0.250. The Hall–Kier alpha value is -1.97. The van der Waals surface area contributed by atoms with Crippen LogP contribution in [-0.2, 0) is 4.74 Å². The fourth-order valence-electron chi connectivity index (χ4n) is 2.44. The molecule has 4 N–H and O–H groups in total. The van der Waals surface area contributed by atoms with Crippen molar-refractivity contribution in [3.8, 4) is 0 Å². The van der Waals surface area contributed by atoms with Crippen LogP contribution in [0, 0.1) is 0 Å². The van der Waals surface area contributed by atoms with Gasteiger partial charge in [0.25, 0.3) is 5.56 Å². The van der Waals surface area contributed by atoms with E-state index in [2.05, 4.69) is 20.3 Å². The smallest absolute Gasteiger partial charge is 0.280 e. The Morgan fingerprint density at radius 3 is 3.10 bits per heavy atom. The maximum absolute atomic E-state index is 11.9. The third-order valence-corrected chi connectivity index (χ3v) is 3.47. The van der Waals surface area contributed by atoms with E-state index in [1.807, 2.05) is 6.92 Å². The second kappa shape index (κ2) is 5.43. The van der Waals surface area contributed by atoms with Crippen molar-refractivity contribution in [2.24, 2.45) is 0 Å². The van der Waals surface area contributed by atoms with Crippen molar-refractivity contribution in [1.29, 1.82) is 0 Å². The molecule has 0 saturated carbocycles. The molecule has 1 aliphatic heterocycles. The molecule has 0 amide bonds. The van der Waals surface area contributed by atoms with Crippen molar-refractivity contribution >= 4 is 17.1 Å². The van der Waals surface area contributed by atoms with Gasteiger partial charge in [-0.25, -0.2) is 4.98 Å². The van der Waals surface area contributed by atoms with Crippen molar-refractivity contribution in [3.05, 3.63) is 16.7 Å². The predicted octanol–water partition coefficient (Wildman–Crippen LogP) is -0.808. The molecule has 0 bridgehead atoms. The zero-order chi connectivity index (χ0) is 15.0. The summed E-state index contributed by atoms with van der Waals surface area (Å²) < 4.78 is 7.17. The molecule has 3 heterocycles. The Bertz CT molecular complexity index is 697. The first-order chi connectivity index (χ1) is 10.1. The van der Waals surface area contributed by atoms with Crippen LogP contribution in [0.4, 0.5) is 5.95 Å². The number of rotatable bonds is 4. The minimum Gasteiger partial charge on any atom is -0.394 e. The van der Waals surface area contributed by atoms with Crippen LogP contribution in [0.3, 0.4) is 0 Å². The third-order valence-electron chi connectivity index (χ3n) is 3.47. The fraction of sp³-hybridized carbons (Fsp3) is 0.583. The Labute approximate surface area is 119 Å². The molecule has 2 aromatic heterocycles. The maximum atomic E-state index is 11.9. The van der Waals surface area contributed by atoms with Gasteiger partial charge in [-0.15, -0.1) is 0 Å². The number of aliphatic hydroxyl groups excluding tert-OH is 2. The molecule has 1 fully saturated rings. The molecule has 1 saturated heterocycles. The third kappa shape index (κ3) is 2.39. The summed E-state index contributed by atoms with van der Waals surface area (Å²) in [5.74, 6) is 0.356. The Morgan fingerprint density at radius 2 is 2.43 bits per heavy atom. The molecule has 2 aromatic rings. The lowest BCUT2D eigenvalue weighted by atomic mass is 10.2. The largest absolute Gasteiger partial charge is 0.394 e. The second-order valence-corrected chi connectivity index (χ2v) is 4.88. The lowest BCUT2D eigenvalue weighted by molar-refractivity contribution is -0.0432. The summed E-state index contributed by atoms with van der Waals surface area (Å²) in [6.45, 7) is 2.25. The van der Waals surface area contributed by atoms with Crippen LogP contribution in [-0.4, -0.2) is 55.1 Å². The topological polar surface area (TPSA) is 125 Å². The van der Waals surface area contributed by atoms with E-state index in [-0.39, 0.29) is 17.7 Å². The SMILES string of the molecule is CCNc1nc2c(ncn2C2CC(O)C(CO)O2)c(=O)[nH]1. The molecule has 9 heteroatoms. The molecular formula is C12H17N5O4. The summed E-state index contributed by atoms with van der Waals surface area (Å²) in [4.78, 5) is 22.9. The van der Waals surface area contributed by atoms with Crippen molar-refractivity contribution < 1.29 is 14.9 Å². The van der Waals surface area contributed by atoms with Crippen LogP contribution >= 0.6 is 0 Å². The second-order valence-electron chi connectivity index (χ2n) is 4.88. The first-order valence-electron chi connectivity index (χ1n) is 6.79. The van der Waals surface area contributed by atoms with E-state index in [9.17, 15) is 9.90 Å². The number of aliphatic hydroxyl groups is 2. The van der Waals surface area contributed by atoms with Gasteiger partial charge in [-0.1, -0.05) is 0 Å². The quantitative estimate of drug-likeness (QED) is 0.581. The summed E-state index contributed by atoms with van der Waals surface area (Å²) in [6, 6.07) is 0. The van der Waals surface area contributed by atoms with Gasteiger partial charge in [0.05, 0.1) is 19.0 Å². The van der Waals surface area contributed by atoms with Gasteiger partial charge in [0, 0.05) is 13.0 Å². The first-order valence-corrected chi connectivity index (χ1v) is 6.79. The Kier molecular flexibility index (Phi) is 3.62. The van der Waals surface area contributed by atoms with Gasteiger partial charge < -0.3 is 20.3 Å². The number of hydrogen-bond acceptors (Lipinski definition) is 7. The Morgan fingerprint density at radius 1 is 1.62 bits per heavy atom. The minimum absolute atomic E-state index is 0.210. The Balaban J connectivity index is 2.01. The standard InChI is InChI=1S/C12H17N5O4/c1-2-13-12-15-10-9(11(20)16-12)14-5-17(10)8-3-6(19)7(4-18)21-8/h5-8,18-19H,2-4H2,1H3,(H2,13,15,16,20).